The fraction of sp³-hybridized carbons (Fsp3) is 0.357. The summed E-state index contributed by atoms with van der Waals surface area (Å²) in [7, 11) is 1.63. The molecule has 1 heterocycles. The van der Waals surface area contributed by atoms with E-state index < -0.39 is 0 Å². The van der Waals surface area contributed by atoms with E-state index in [2.05, 4.69) is 4.98 Å². The number of benzene rings is 1. The van der Waals surface area contributed by atoms with E-state index in [0.717, 1.165) is 23.7 Å². The third kappa shape index (κ3) is 2.88. The molecule has 0 radical (unpaired) electrons. The van der Waals surface area contributed by atoms with E-state index in [0.29, 0.717) is 6.01 Å². The van der Waals surface area contributed by atoms with Crippen LogP contribution in [0.5, 0.6) is 17.5 Å². The number of rotatable bonds is 5. The molecule has 0 spiro atoms. The first-order chi connectivity index (χ1) is 9.15. The van der Waals surface area contributed by atoms with Crippen LogP contribution in [-0.2, 0) is 6.54 Å². The molecule has 0 fully saturated rings. The van der Waals surface area contributed by atoms with Crippen molar-refractivity contribution in [2.75, 3.05) is 7.11 Å². The monoisotopic (exact) mass is 261 g/mol. The molecule has 2 rings (SSSR count). The zero-order valence-electron chi connectivity index (χ0n) is 11.5. The Kier molecular flexibility index (Phi) is 4.06. The summed E-state index contributed by atoms with van der Waals surface area (Å²) >= 11 is 0. The van der Waals surface area contributed by atoms with Gasteiger partial charge in [0.25, 0.3) is 0 Å². The van der Waals surface area contributed by atoms with E-state index in [9.17, 15) is 0 Å². The Balaban J connectivity index is 2.22. The lowest BCUT2D eigenvalue weighted by Gasteiger charge is -2.12. The number of methoxy groups -OCH3 is 1. The molecule has 5 heteroatoms. The number of ether oxygens (including phenoxy) is 2. The minimum Gasteiger partial charge on any atom is -0.497 e. The van der Waals surface area contributed by atoms with E-state index in [1.54, 1.807) is 13.3 Å². The second-order valence-electron chi connectivity index (χ2n) is 4.28. The SMILES string of the molecule is CCn1c(C(C)N)cnc1Oc1ccc(OC)cc1. The molecule has 0 bridgehead atoms. The molecule has 1 aromatic heterocycles. The standard InChI is InChI=1S/C14H19N3O2/c1-4-17-13(10(2)15)9-16-14(17)19-12-7-5-11(18-3)6-8-12/h5-10H,4,15H2,1-3H3. The van der Waals surface area contributed by atoms with Gasteiger partial charge in [-0.1, -0.05) is 0 Å². The number of nitrogens with two attached hydrogens (primary N) is 1. The van der Waals surface area contributed by atoms with Crippen molar-refractivity contribution in [2.45, 2.75) is 26.4 Å². The first-order valence-corrected chi connectivity index (χ1v) is 6.28. The molecule has 0 aliphatic rings. The van der Waals surface area contributed by atoms with Gasteiger partial charge in [0.05, 0.1) is 19.0 Å². The first kappa shape index (κ1) is 13.4. The highest BCUT2D eigenvalue weighted by atomic mass is 16.5. The molecule has 5 nitrogen and oxygen atoms in total. The highest BCUT2D eigenvalue weighted by molar-refractivity contribution is 5.33. The topological polar surface area (TPSA) is 62.3 Å². The zero-order chi connectivity index (χ0) is 13.8. The van der Waals surface area contributed by atoms with Gasteiger partial charge in [-0.05, 0) is 38.1 Å². The van der Waals surface area contributed by atoms with Crippen molar-refractivity contribution in [3.8, 4) is 17.5 Å². The number of nitrogens with zero attached hydrogens (tertiary/aromatic N) is 2. The lowest BCUT2D eigenvalue weighted by Crippen LogP contribution is -2.12. The molecular formula is C14H19N3O2. The summed E-state index contributed by atoms with van der Waals surface area (Å²) in [6.07, 6.45) is 1.76. The van der Waals surface area contributed by atoms with Crippen molar-refractivity contribution in [3.63, 3.8) is 0 Å². The van der Waals surface area contributed by atoms with Crippen LogP contribution >= 0.6 is 0 Å². The van der Waals surface area contributed by atoms with Gasteiger partial charge in [-0.3, -0.25) is 4.57 Å². The molecular weight excluding hydrogens is 242 g/mol. The van der Waals surface area contributed by atoms with Crippen LogP contribution in [-0.4, -0.2) is 16.7 Å². The normalized spacial score (nSPS) is 12.2. The van der Waals surface area contributed by atoms with Crippen LogP contribution in [0.2, 0.25) is 0 Å². The minimum atomic E-state index is -0.0688. The molecule has 19 heavy (non-hydrogen) atoms. The zero-order valence-corrected chi connectivity index (χ0v) is 11.5. The van der Waals surface area contributed by atoms with Crippen molar-refractivity contribution in [2.24, 2.45) is 5.73 Å². The quantitative estimate of drug-likeness (QED) is 0.899. The fourth-order valence-corrected chi connectivity index (χ4v) is 1.88. The smallest absolute Gasteiger partial charge is 0.302 e. The van der Waals surface area contributed by atoms with Crippen LogP contribution < -0.4 is 15.2 Å². The Bertz CT molecular complexity index is 532. The molecule has 0 amide bonds. The maximum Gasteiger partial charge on any atom is 0.302 e. The molecule has 102 valence electrons. The van der Waals surface area contributed by atoms with E-state index in [4.69, 9.17) is 15.2 Å². The lowest BCUT2D eigenvalue weighted by molar-refractivity contribution is 0.401. The fourth-order valence-electron chi connectivity index (χ4n) is 1.88. The Hall–Kier alpha value is -2.01. The molecule has 0 saturated carbocycles. The largest absolute Gasteiger partial charge is 0.497 e. The number of imidazole rings is 1. The van der Waals surface area contributed by atoms with E-state index in [-0.39, 0.29) is 6.04 Å². The van der Waals surface area contributed by atoms with Crippen LogP contribution in [0.15, 0.2) is 30.5 Å². The van der Waals surface area contributed by atoms with Crippen LogP contribution in [0.1, 0.15) is 25.6 Å². The molecule has 0 saturated heterocycles. The van der Waals surface area contributed by atoms with Crippen molar-refractivity contribution in [1.29, 1.82) is 0 Å². The van der Waals surface area contributed by atoms with Crippen LogP contribution in [0.3, 0.4) is 0 Å². The minimum absolute atomic E-state index is 0.0688. The Morgan fingerprint density at radius 1 is 1.26 bits per heavy atom. The van der Waals surface area contributed by atoms with Crippen molar-refractivity contribution < 1.29 is 9.47 Å². The van der Waals surface area contributed by atoms with Crippen molar-refractivity contribution >= 4 is 0 Å². The summed E-state index contributed by atoms with van der Waals surface area (Å²) < 4.78 is 12.8. The summed E-state index contributed by atoms with van der Waals surface area (Å²) in [5.74, 6) is 1.51. The highest BCUT2D eigenvalue weighted by Crippen LogP contribution is 2.25. The number of hydrogen-bond acceptors (Lipinski definition) is 4. The summed E-state index contributed by atoms with van der Waals surface area (Å²) in [4.78, 5) is 4.28. The molecule has 2 aromatic rings. The summed E-state index contributed by atoms with van der Waals surface area (Å²) in [6, 6.07) is 7.88. The molecule has 1 aromatic carbocycles. The van der Waals surface area contributed by atoms with Gasteiger partial charge in [0.15, 0.2) is 0 Å². The first-order valence-electron chi connectivity index (χ1n) is 6.28. The third-order valence-electron chi connectivity index (χ3n) is 2.90. The van der Waals surface area contributed by atoms with Gasteiger partial charge in [-0.2, -0.15) is 0 Å². The number of hydrogen-bond donors (Lipinski definition) is 1. The highest BCUT2D eigenvalue weighted by Gasteiger charge is 2.13. The lowest BCUT2D eigenvalue weighted by atomic mass is 10.3. The van der Waals surface area contributed by atoms with Crippen LogP contribution in [0.25, 0.3) is 0 Å². The Labute approximate surface area is 113 Å². The van der Waals surface area contributed by atoms with E-state index in [1.807, 2.05) is 42.7 Å². The number of aromatic nitrogens is 2. The maximum atomic E-state index is 5.90. The van der Waals surface area contributed by atoms with Gasteiger partial charge < -0.3 is 15.2 Å². The second-order valence-corrected chi connectivity index (χ2v) is 4.28. The van der Waals surface area contributed by atoms with Gasteiger partial charge >= 0.3 is 6.01 Å². The molecule has 1 atom stereocenters. The molecule has 0 aliphatic heterocycles. The average Bonchev–Trinajstić information content (AvgIpc) is 2.82. The van der Waals surface area contributed by atoms with Gasteiger partial charge in [0, 0.05) is 12.6 Å². The third-order valence-corrected chi connectivity index (χ3v) is 2.90. The second kappa shape index (κ2) is 5.75. The molecule has 0 aliphatic carbocycles. The Morgan fingerprint density at radius 3 is 2.42 bits per heavy atom. The van der Waals surface area contributed by atoms with Gasteiger partial charge in [-0.25, -0.2) is 4.98 Å². The van der Waals surface area contributed by atoms with Gasteiger partial charge in [0.2, 0.25) is 0 Å². The van der Waals surface area contributed by atoms with Crippen LogP contribution in [0, 0.1) is 0 Å². The average molecular weight is 261 g/mol. The molecule has 2 N–H and O–H groups in total. The Morgan fingerprint density at radius 2 is 1.89 bits per heavy atom. The predicted molar refractivity (Wildman–Crippen MR) is 73.6 cm³/mol. The molecule has 1 unspecified atom stereocenters. The summed E-state index contributed by atoms with van der Waals surface area (Å²) in [5.41, 5.74) is 6.87. The van der Waals surface area contributed by atoms with Crippen LogP contribution in [0.4, 0.5) is 0 Å². The van der Waals surface area contributed by atoms with Gasteiger partial charge in [-0.15, -0.1) is 0 Å². The van der Waals surface area contributed by atoms with E-state index >= 15 is 0 Å². The van der Waals surface area contributed by atoms with Crippen molar-refractivity contribution in [3.05, 3.63) is 36.2 Å². The summed E-state index contributed by atoms with van der Waals surface area (Å²) in [5, 5.41) is 0. The predicted octanol–water partition coefficient (Wildman–Crippen LogP) is 2.72. The van der Waals surface area contributed by atoms with Gasteiger partial charge in [0.1, 0.15) is 11.5 Å². The summed E-state index contributed by atoms with van der Waals surface area (Å²) in [6.45, 7) is 4.73. The maximum absolute atomic E-state index is 5.90. The van der Waals surface area contributed by atoms with E-state index in [1.165, 1.54) is 0 Å². The van der Waals surface area contributed by atoms with Crippen molar-refractivity contribution in [1.82, 2.24) is 9.55 Å².